The summed E-state index contributed by atoms with van der Waals surface area (Å²) in [5.74, 6) is 0.0394. The average Bonchev–Trinajstić information content (AvgIpc) is 2.44. The second-order valence-corrected chi connectivity index (χ2v) is 6.74. The first kappa shape index (κ1) is 16.4. The molecule has 1 rings (SSSR count). The van der Waals surface area contributed by atoms with Gasteiger partial charge in [0.2, 0.25) is 0 Å². The molecule has 0 amide bonds. The highest BCUT2D eigenvalue weighted by molar-refractivity contribution is 7.91. The molecule has 0 radical (unpaired) electrons. The minimum Gasteiger partial charge on any atom is -0.493 e. The van der Waals surface area contributed by atoms with Gasteiger partial charge < -0.3 is 9.94 Å². The molecular weight excluding hydrogens is 285 g/mol. The van der Waals surface area contributed by atoms with E-state index in [1.54, 1.807) is 6.92 Å². The number of hydrogen-bond acceptors (Lipinski definition) is 5. The molecule has 1 N–H and O–H groups in total. The van der Waals surface area contributed by atoms with Gasteiger partial charge in [-0.05, 0) is 31.5 Å². The number of nitrogens with zero attached hydrogens (tertiary/aromatic N) is 1. The van der Waals surface area contributed by atoms with Crippen molar-refractivity contribution in [1.29, 1.82) is 0 Å². The van der Waals surface area contributed by atoms with Gasteiger partial charge in [0.15, 0.2) is 0 Å². The van der Waals surface area contributed by atoms with Gasteiger partial charge in [0.25, 0.3) is 0 Å². The molecule has 0 atom stereocenters. The predicted molar refractivity (Wildman–Crippen MR) is 74.8 cm³/mol. The highest BCUT2D eigenvalue weighted by Crippen LogP contribution is 2.21. The van der Waals surface area contributed by atoms with Crippen LogP contribution in [0.2, 0.25) is 0 Å². The van der Waals surface area contributed by atoms with Crippen LogP contribution in [0.15, 0.2) is 23.4 Å². The summed E-state index contributed by atoms with van der Waals surface area (Å²) in [5, 5.41) is 11.8. The highest BCUT2D eigenvalue weighted by Gasteiger charge is 2.11. The molecule has 0 aliphatic heterocycles. The zero-order chi connectivity index (χ0) is 15.2. The Morgan fingerprint density at radius 1 is 1.45 bits per heavy atom. The summed E-state index contributed by atoms with van der Waals surface area (Å²) in [6.45, 7) is 3.30. The fourth-order valence-electron chi connectivity index (χ4n) is 1.57. The van der Waals surface area contributed by atoms with Gasteiger partial charge in [-0.2, -0.15) is 0 Å². The Labute approximate surface area is 118 Å². The molecule has 20 heavy (non-hydrogen) atoms. The Balaban J connectivity index is 2.69. The number of oxime groups is 1. The third-order valence-corrected chi connectivity index (χ3v) is 4.57. The Kier molecular flexibility index (Phi) is 5.94. The van der Waals surface area contributed by atoms with Crippen molar-refractivity contribution in [1.82, 2.24) is 0 Å². The Morgan fingerprint density at radius 2 is 2.15 bits per heavy atom. The van der Waals surface area contributed by atoms with Crippen molar-refractivity contribution in [3.05, 3.63) is 29.6 Å². The summed E-state index contributed by atoms with van der Waals surface area (Å²) >= 11 is 0. The van der Waals surface area contributed by atoms with E-state index in [2.05, 4.69) is 5.16 Å². The summed E-state index contributed by atoms with van der Waals surface area (Å²) in [6.07, 6.45) is 0.350. The lowest BCUT2D eigenvalue weighted by Gasteiger charge is -2.11. The zero-order valence-corrected chi connectivity index (χ0v) is 12.3. The summed E-state index contributed by atoms with van der Waals surface area (Å²) in [7, 11) is -3.02. The van der Waals surface area contributed by atoms with Gasteiger partial charge in [-0.25, -0.2) is 12.8 Å². The molecule has 0 saturated heterocycles. The molecule has 0 aliphatic carbocycles. The third kappa shape index (κ3) is 4.80. The van der Waals surface area contributed by atoms with Crippen LogP contribution in [0.1, 0.15) is 25.8 Å². The van der Waals surface area contributed by atoms with Crippen molar-refractivity contribution in [3.63, 3.8) is 0 Å². The molecule has 0 bridgehead atoms. The number of benzene rings is 1. The Hall–Kier alpha value is -1.63. The molecule has 0 heterocycles. The van der Waals surface area contributed by atoms with Crippen molar-refractivity contribution < 1.29 is 22.8 Å². The van der Waals surface area contributed by atoms with Gasteiger partial charge >= 0.3 is 0 Å². The van der Waals surface area contributed by atoms with E-state index in [-0.39, 0.29) is 23.8 Å². The van der Waals surface area contributed by atoms with Crippen LogP contribution in [0.25, 0.3) is 0 Å². The van der Waals surface area contributed by atoms with Crippen LogP contribution in [-0.4, -0.2) is 37.4 Å². The Bertz CT molecular complexity index is 584. The van der Waals surface area contributed by atoms with Crippen LogP contribution in [0, 0.1) is 5.82 Å². The first-order valence-corrected chi connectivity index (χ1v) is 8.03. The lowest BCUT2D eigenvalue weighted by atomic mass is 10.1. The highest BCUT2D eigenvalue weighted by atomic mass is 32.2. The molecular formula is C13H18FNO4S. The van der Waals surface area contributed by atoms with E-state index in [0.717, 1.165) is 0 Å². The van der Waals surface area contributed by atoms with Gasteiger partial charge in [0, 0.05) is 11.3 Å². The van der Waals surface area contributed by atoms with E-state index >= 15 is 0 Å². The van der Waals surface area contributed by atoms with Crippen molar-refractivity contribution in [2.75, 3.05) is 18.1 Å². The number of sulfone groups is 1. The third-order valence-electron chi connectivity index (χ3n) is 2.78. The van der Waals surface area contributed by atoms with Crippen molar-refractivity contribution in [2.24, 2.45) is 5.16 Å². The van der Waals surface area contributed by atoms with Crippen molar-refractivity contribution in [2.45, 2.75) is 20.3 Å². The summed E-state index contributed by atoms with van der Waals surface area (Å²) in [6, 6.07) is 3.85. The second-order valence-electron chi connectivity index (χ2n) is 4.26. The van der Waals surface area contributed by atoms with Gasteiger partial charge in [-0.3, -0.25) is 0 Å². The molecule has 0 aliphatic rings. The lowest BCUT2D eigenvalue weighted by Crippen LogP contribution is -2.12. The van der Waals surface area contributed by atoms with Crippen LogP contribution in [0.3, 0.4) is 0 Å². The molecule has 0 unspecified atom stereocenters. The van der Waals surface area contributed by atoms with Crippen molar-refractivity contribution >= 4 is 15.5 Å². The zero-order valence-electron chi connectivity index (χ0n) is 11.5. The smallest absolute Gasteiger partial charge is 0.150 e. The normalized spacial score (nSPS) is 12.4. The van der Waals surface area contributed by atoms with E-state index in [1.807, 2.05) is 0 Å². The predicted octanol–water partition coefficient (Wildman–Crippen LogP) is 2.23. The van der Waals surface area contributed by atoms with Crippen LogP contribution in [0.5, 0.6) is 5.75 Å². The first-order chi connectivity index (χ1) is 9.39. The van der Waals surface area contributed by atoms with Crippen LogP contribution in [0.4, 0.5) is 4.39 Å². The van der Waals surface area contributed by atoms with E-state index in [9.17, 15) is 12.8 Å². The standard InChI is InChI=1S/C13H18FNO4S/c1-3-20(17,18)8-4-7-19-13-6-5-11(14)9-12(13)10(2)15-16/h5-6,9,16H,3-4,7-8H2,1-2H3/b15-10+. The average molecular weight is 303 g/mol. The molecule has 5 nitrogen and oxygen atoms in total. The topological polar surface area (TPSA) is 76.0 Å². The van der Waals surface area contributed by atoms with Gasteiger partial charge in [-0.1, -0.05) is 12.1 Å². The molecule has 0 aromatic heterocycles. The molecule has 0 saturated carbocycles. The maximum Gasteiger partial charge on any atom is 0.150 e. The van der Waals surface area contributed by atoms with E-state index < -0.39 is 15.7 Å². The quantitative estimate of drug-likeness (QED) is 0.363. The SMILES string of the molecule is CCS(=O)(=O)CCCOc1ccc(F)cc1/C(C)=N/O. The largest absolute Gasteiger partial charge is 0.493 e. The summed E-state index contributed by atoms with van der Waals surface area (Å²) in [5.41, 5.74) is 0.562. The van der Waals surface area contributed by atoms with Gasteiger partial charge in [0.05, 0.1) is 18.1 Å². The minimum absolute atomic E-state index is 0.0487. The number of hydrogen-bond donors (Lipinski definition) is 1. The first-order valence-electron chi connectivity index (χ1n) is 6.21. The number of ether oxygens (including phenoxy) is 1. The van der Waals surface area contributed by atoms with Crippen LogP contribution in [-0.2, 0) is 9.84 Å². The fraction of sp³-hybridized carbons (Fsp3) is 0.462. The molecule has 112 valence electrons. The van der Waals surface area contributed by atoms with Crippen LogP contribution >= 0.6 is 0 Å². The molecule has 0 fully saturated rings. The summed E-state index contributed by atoms with van der Waals surface area (Å²) < 4.78 is 41.2. The number of halogens is 1. The van der Waals surface area contributed by atoms with Crippen molar-refractivity contribution in [3.8, 4) is 5.75 Å². The lowest BCUT2D eigenvalue weighted by molar-refractivity contribution is 0.311. The van der Waals surface area contributed by atoms with Gasteiger partial charge in [0.1, 0.15) is 21.4 Å². The van der Waals surface area contributed by atoms with Crippen LogP contribution < -0.4 is 4.74 Å². The van der Waals surface area contributed by atoms with E-state index in [1.165, 1.54) is 25.1 Å². The second kappa shape index (κ2) is 7.23. The monoisotopic (exact) mass is 303 g/mol. The van der Waals surface area contributed by atoms with E-state index in [4.69, 9.17) is 9.94 Å². The molecule has 0 spiro atoms. The van der Waals surface area contributed by atoms with E-state index in [0.29, 0.717) is 17.7 Å². The molecule has 7 heteroatoms. The summed E-state index contributed by atoms with van der Waals surface area (Å²) in [4.78, 5) is 0. The molecule has 1 aromatic carbocycles. The van der Waals surface area contributed by atoms with Gasteiger partial charge in [-0.15, -0.1) is 0 Å². The maximum absolute atomic E-state index is 13.2. The number of rotatable bonds is 7. The molecule has 1 aromatic rings. The minimum atomic E-state index is -3.02. The Morgan fingerprint density at radius 3 is 2.75 bits per heavy atom. The fourth-order valence-corrected chi connectivity index (χ4v) is 2.42. The maximum atomic E-state index is 13.2.